The monoisotopic (exact) mass is 407 g/mol. The molecule has 4 rings (SSSR count). The number of hydrogen-bond acceptors (Lipinski definition) is 4. The topological polar surface area (TPSA) is 58.7 Å². The van der Waals surface area contributed by atoms with E-state index in [0.717, 1.165) is 34.5 Å². The Morgan fingerprint density at radius 3 is 1.90 bits per heavy atom. The SMILES string of the molecule is CCC(C)(C)c1ccc(S(=O)(=O)ON=[N+]2c3ccccc3-c3ccccc32)cc1. The van der Waals surface area contributed by atoms with Crippen LogP contribution in [0.25, 0.3) is 11.1 Å². The zero-order valence-corrected chi connectivity index (χ0v) is 17.5. The van der Waals surface area contributed by atoms with Crippen molar-refractivity contribution in [2.45, 2.75) is 37.5 Å². The molecule has 1 aliphatic rings. The van der Waals surface area contributed by atoms with Gasteiger partial charge in [-0.05, 0) is 46.4 Å². The van der Waals surface area contributed by atoms with E-state index in [9.17, 15) is 8.42 Å². The summed E-state index contributed by atoms with van der Waals surface area (Å²) in [6, 6.07) is 22.2. The predicted molar refractivity (Wildman–Crippen MR) is 114 cm³/mol. The number of para-hydroxylation sites is 2. The molecule has 0 aromatic heterocycles. The molecule has 148 valence electrons. The third-order valence-corrected chi connectivity index (χ3v) is 6.69. The molecule has 0 atom stereocenters. The van der Waals surface area contributed by atoms with E-state index >= 15 is 0 Å². The largest absolute Gasteiger partial charge is 0.363 e. The van der Waals surface area contributed by atoms with Gasteiger partial charge in [-0.25, -0.2) is 4.28 Å². The lowest BCUT2D eigenvalue weighted by molar-refractivity contribution is 0.290. The lowest BCUT2D eigenvalue weighted by Gasteiger charge is -2.23. The van der Waals surface area contributed by atoms with Gasteiger partial charge < -0.3 is 0 Å². The van der Waals surface area contributed by atoms with Crippen molar-refractivity contribution in [3.63, 3.8) is 0 Å². The second kappa shape index (κ2) is 7.12. The minimum atomic E-state index is -4.03. The summed E-state index contributed by atoms with van der Waals surface area (Å²) in [7, 11) is -4.03. The molecule has 0 bridgehead atoms. The van der Waals surface area contributed by atoms with Gasteiger partial charge in [0.1, 0.15) is 4.90 Å². The maximum atomic E-state index is 12.7. The second-order valence-corrected chi connectivity index (χ2v) is 9.25. The van der Waals surface area contributed by atoms with E-state index in [1.54, 1.807) is 12.1 Å². The highest BCUT2D eigenvalue weighted by atomic mass is 32.2. The van der Waals surface area contributed by atoms with Gasteiger partial charge in [-0.3, -0.25) is 0 Å². The van der Waals surface area contributed by atoms with Crippen molar-refractivity contribution in [3.8, 4) is 11.1 Å². The summed E-state index contributed by atoms with van der Waals surface area (Å²) in [4.78, 5) is 0.0812. The fourth-order valence-corrected chi connectivity index (χ4v) is 4.10. The number of nitrogens with zero attached hydrogens (tertiary/aromatic N) is 2. The lowest BCUT2D eigenvalue weighted by Crippen LogP contribution is -2.15. The molecule has 0 aliphatic carbocycles. The third-order valence-electron chi connectivity index (χ3n) is 5.58. The van der Waals surface area contributed by atoms with Crippen LogP contribution in [0.15, 0.2) is 83.0 Å². The predicted octanol–water partition coefficient (Wildman–Crippen LogP) is 5.96. The fraction of sp³-hybridized carbons (Fsp3) is 0.217. The standard InChI is InChI=1S/C23H23N2O3S/c1-4-23(2,3)17-13-15-18(16-14-17)29(26,27)28-24-25-21-11-7-5-9-19(21)20-10-6-8-12-22(20)25/h5-16H,4H2,1-3H3/q+1. The van der Waals surface area contributed by atoms with E-state index in [0.29, 0.717) is 0 Å². The van der Waals surface area contributed by atoms with Crippen LogP contribution in [-0.4, -0.2) is 8.42 Å². The first-order valence-corrected chi connectivity index (χ1v) is 11.0. The van der Waals surface area contributed by atoms with Crippen LogP contribution in [0.2, 0.25) is 0 Å². The van der Waals surface area contributed by atoms with E-state index < -0.39 is 10.1 Å². The highest BCUT2D eigenvalue weighted by Gasteiger charge is 2.34. The molecule has 0 saturated heterocycles. The van der Waals surface area contributed by atoms with Crippen LogP contribution in [0.4, 0.5) is 11.4 Å². The van der Waals surface area contributed by atoms with Gasteiger partial charge in [0, 0.05) is 12.1 Å². The molecule has 0 fully saturated rings. The molecule has 0 spiro atoms. The van der Waals surface area contributed by atoms with Crippen LogP contribution in [-0.2, 0) is 19.8 Å². The molecule has 6 heteroatoms. The van der Waals surface area contributed by atoms with Crippen LogP contribution in [0, 0.1) is 0 Å². The van der Waals surface area contributed by atoms with Crippen LogP contribution in [0.1, 0.15) is 32.8 Å². The van der Waals surface area contributed by atoms with Crippen LogP contribution < -0.4 is 4.70 Å². The average molecular weight is 408 g/mol. The first-order valence-electron chi connectivity index (χ1n) is 9.57. The van der Waals surface area contributed by atoms with Crippen LogP contribution >= 0.6 is 0 Å². The maximum Gasteiger partial charge on any atom is 0.363 e. The quantitative estimate of drug-likeness (QED) is 0.303. The summed E-state index contributed by atoms with van der Waals surface area (Å²) in [6.45, 7) is 6.37. The number of benzene rings is 3. The van der Waals surface area contributed by atoms with Crippen molar-refractivity contribution in [3.05, 3.63) is 78.4 Å². The molecule has 1 aliphatic heterocycles. The highest BCUT2D eigenvalue weighted by Crippen LogP contribution is 2.44. The van der Waals surface area contributed by atoms with Crippen molar-refractivity contribution in [1.29, 1.82) is 0 Å². The number of hydrogen-bond donors (Lipinski definition) is 0. The summed E-state index contributed by atoms with van der Waals surface area (Å²) in [5.41, 5.74) is 4.60. The van der Waals surface area contributed by atoms with E-state index in [4.69, 9.17) is 4.28 Å². The Kier molecular flexibility index (Phi) is 4.74. The Morgan fingerprint density at radius 2 is 1.38 bits per heavy atom. The Labute approximate surface area is 171 Å². The lowest BCUT2D eigenvalue weighted by atomic mass is 9.82. The fourth-order valence-electron chi connectivity index (χ4n) is 3.39. The molecule has 0 N–H and O–H groups in total. The summed E-state index contributed by atoms with van der Waals surface area (Å²) in [6.07, 6.45) is 0.957. The van der Waals surface area contributed by atoms with Gasteiger partial charge in [0.25, 0.3) is 0 Å². The van der Waals surface area contributed by atoms with Crippen LogP contribution in [0.5, 0.6) is 0 Å². The van der Waals surface area contributed by atoms with Gasteiger partial charge in [-0.1, -0.05) is 57.2 Å². The van der Waals surface area contributed by atoms with Gasteiger partial charge >= 0.3 is 10.1 Å². The molecule has 1 heterocycles. The molecule has 3 aromatic carbocycles. The van der Waals surface area contributed by atoms with E-state index in [1.165, 1.54) is 4.70 Å². The van der Waals surface area contributed by atoms with E-state index in [1.807, 2.05) is 60.7 Å². The van der Waals surface area contributed by atoms with Gasteiger partial charge in [0.05, 0.1) is 11.1 Å². The maximum absolute atomic E-state index is 12.7. The molecule has 0 radical (unpaired) electrons. The summed E-state index contributed by atoms with van der Waals surface area (Å²) in [5, 5.41) is 3.99. The van der Waals surface area contributed by atoms with E-state index in [2.05, 4.69) is 26.0 Å². The first kappa shape index (κ1) is 19.3. The summed E-state index contributed by atoms with van der Waals surface area (Å²) < 4.78 is 32.0. The second-order valence-electron chi connectivity index (χ2n) is 7.72. The molecular formula is C23H23N2O3S+. The Morgan fingerprint density at radius 1 is 0.862 bits per heavy atom. The zero-order valence-electron chi connectivity index (χ0n) is 16.7. The Bertz CT molecular complexity index is 1150. The van der Waals surface area contributed by atoms with Gasteiger partial charge in [-0.2, -0.15) is 8.42 Å². The summed E-state index contributed by atoms with van der Waals surface area (Å²) in [5.74, 6) is 0. The highest BCUT2D eigenvalue weighted by molar-refractivity contribution is 7.86. The van der Waals surface area contributed by atoms with Gasteiger partial charge in [0.15, 0.2) is 0 Å². The average Bonchev–Trinajstić information content (AvgIpc) is 3.06. The molecular weight excluding hydrogens is 384 g/mol. The van der Waals surface area contributed by atoms with Crippen molar-refractivity contribution >= 4 is 21.5 Å². The molecule has 0 unspecified atom stereocenters. The van der Waals surface area contributed by atoms with Gasteiger partial charge in [-0.15, -0.1) is 0 Å². The van der Waals surface area contributed by atoms with E-state index in [-0.39, 0.29) is 10.3 Å². The van der Waals surface area contributed by atoms with Crippen molar-refractivity contribution in [1.82, 2.24) is 4.70 Å². The zero-order chi connectivity index (χ0) is 20.6. The number of rotatable bonds is 5. The van der Waals surface area contributed by atoms with Crippen molar-refractivity contribution in [2.24, 2.45) is 5.28 Å². The van der Waals surface area contributed by atoms with Gasteiger partial charge in [0.2, 0.25) is 16.7 Å². The molecule has 5 nitrogen and oxygen atoms in total. The number of fused-ring (bicyclic) bond motifs is 3. The molecule has 29 heavy (non-hydrogen) atoms. The van der Waals surface area contributed by atoms with Crippen molar-refractivity contribution in [2.75, 3.05) is 0 Å². The minimum absolute atomic E-state index is 0.0174. The van der Waals surface area contributed by atoms with Crippen LogP contribution in [0.3, 0.4) is 0 Å². The normalized spacial score (nSPS) is 13.0. The molecule has 0 saturated carbocycles. The van der Waals surface area contributed by atoms with Crippen molar-refractivity contribution < 1.29 is 12.7 Å². The minimum Gasteiger partial charge on any atom is -0.211 e. The Hall–Kier alpha value is -2.99. The Balaban J connectivity index is 1.67. The summed E-state index contributed by atoms with van der Waals surface area (Å²) >= 11 is 0. The molecule has 0 amide bonds. The first-order chi connectivity index (χ1) is 13.8. The smallest absolute Gasteiger partial charge is 0.211 e. The third kappa shape index (κ3) is 3.44. The molecule has 3 aromatic rings.